The molecule has 0 aromatic carbocycles. The summed E-state index contributed by atoms with van der Waals surface area (Å²) in [6.45, 7) is 4.91. The molecule has 2 heterocycles. The molecule has 0 fully saturated rings. The molecule has 1 aliphatic rings. The molecule has 0 spiro atoms. The number of rotatable bonds is 6. The van der Waals surface area contributed by atoms with Crippen molar-refractivity contribution in [2.45, 2.75) is 57.7 Å². The standard InChI is InChI=1S/C17H23N3O2S2/c1-10(2)7-8-20-16(22)14-11-5-3-4-6-12(11)24-15(14)19-17(20)23-9-13(18)21/h10H,3-9H2,1-2H3,(H2,18,21). The van der Waals surface area contributed by atoms with E-state index < -0.39 is 5.91 Å². The van der Waals surface area contributed by atoms with Gasteiger partial charge in [0.15, 0.2) is 5.16 Å². The van der Waals surface area contributed by atoms with Gasteiger partial charge in [-0.2, -0.15) is 0 Å². The van der Waals surface area contributed by atoms with Crippen LogP contribution in [-0.4, -0.2) is 21.2 Å². The summed E-state index contributed by atoms with van der Waals surface area (Å²) in [5.41, 5.74) is 6.53. The second-order valence-electron chi connectivity index (χ2n) is 6.68. The number of thioether (sulfide) groups is 1. The van der Waals surface area contributed by atoms with Gasteiger partial charge in [0.2, 0.25) is 5.91 Å². The summed E-state index contributed by atoms with van der Waals surface area (Å²) >= 11 is 2.91. The first-order valence-electron chi connectivity index (χ1n) is 8.43. The number of hydrogen-bond donors (Lipinski definition) is 1. The zero-order valence-electron chi connectivity index (χ0n) is 14.1. The smallest absolute Gasteiger partial charge is 0.263 e. The van der Waals surface area contributed by atoms with Crippen molar-refractivity contribution >= 4 is 39.2 Å². The number of nitrogens with two attached hydrogens (primary N) is 1. The van der Waals surface area contributed by atoms with Gasteiger partial charge < -0.3 is 5.73 Å². The van der Waals surface area contributed by atoms with E-state index >= 15 is 0 Å². The van der Waals surface area contributed by atoms with Gasteiger partial charge >= 0.3 is 0 Å². The zero-order valence-corrected chi connectivity index (χ0v) is 15.8. The van der Waals surface area contributed by atoms with E-state index in [4.69, 9.17) is 10.7 Å². The maximum Gasteiger partial charge on any atom is 0.263 e. The number of aromatic nitrogens is 2. The fourth-order valence-corrected chi connectivity index (χ4v) is 5.12. The zero-order chi connectivity index (χ0) is 17.3. The highest BCUT2D eigenvalue weighted by Crippen LogP contribution is 2.34. The van der Waals surface area contributed by atoms with Gasteiger partial charge in [-0.05, 0) is 43.6 Å². The van der Waals surface area contributed by atoms with Crippen molar-refractivity contribution in [2.24, 2.45) is 11.7 Å². The third-order valence-electron chi connectivity index (χ3n) is 4.31. The van der Waals surface area contributed by atoms with Crippen molar-refractivity contribution in [3.63, 3.8) is 0 Å². The second-order valence-corrected chi connectivity index (χ2v) is 8.71. The molecule has 130 valence electrons. The van der Waals surface area contributed by atoms with Gasteiger partial charge in [-0.25, -0.2) is 4.98 Å². The summed E-state index contributed by atoms with van der Waals surface area (Å²) < 4.78 is 1.75. The molecule has 24 heavy (non-hydrogen) atoms. The van der Waals surface area contributed by atoms with Crippen molar-refractivity contribution in [2.75, 3.05) is 5.75 Å². The van der Waals surface area contributed by atoms with E-state index in [1.165, 1.54) is 28.6 Å². The van der Waals surface area contributed by atoms with Gasteiger partial charge in [-0.1, -0.05) is 25.6 Å². The van der Waals surface area contributed by atoms with Crippen molar-refractivity contribution in [1.82, 2.24) is 9.55 Å². The molecule has 0 radical (unpaired) electrons. The number of nitrogens with zero attached hydrogens (tertiary/aromatic N) is 2. The Morgan fingerprint density at radius 1 is 1.38 bits per heavy atom. The Bertz CT molecular complexity index is 823. The molecule has 0 unspecified atom stereocenters. The lowest BCUT2D eigenvalue weighted by molar-refractivity contribution is -0.115. The minimum atomic E-state index is -0.393. The molecule has 3 rings (SSSR count). The van der Waals surface area contributed by atoms with E-state index in [9.17, 15) is 9.59 Å². The number of thiophene rings is 1. The molecule has 1 aliphatic carbocycles. The van der Waals surface area contributed by atoms with Crippen LogP contribution in [0.25, 0.3) is 10.2 Å². The average molecular weight is 366 g/mol. The summed E-state index contributed by atoms with van der Waals surface area (Å²) in [5, 5.41) is 1.42. The Morgan fingerprint density at radius 2 is 2.12 bits per heavy atom. The summed E-state index contributed by atoms with van der Waals surface area (Å²) in [6, 6.07) is 0. The van der Waals surface area contributed by atoms with E-state index in [0.717, 1.165) is 35.9 Å². The van der Waals surface area contributed by atoms with E-state index in [1.54, 1.807) is 15.9 Å². The third kappa shape index (κ3) is 3.52. The van der Waals surface area contributed by atoms with Crippen LogP contribution in [0, 0.1) is 5.92 Å². The monoisotopic (exact) mass is 365 g/mol. The predicted molar refractivity (Wildman–Crippen MR) is 99.9 cm³/mol. The number of aryl methyl sites for hydroxylation is 2. The molecule has 5 nitrogen and oxygen atoms in total. The Kier molecular flexibility index (Phi) is 5.30. The molecule has 0 saturated carbocycles. The van der Waals surface area contributed by atoms with Gasteiger partial charge in [-0.3, -0.25) is 14.2 Å². The van der Waals surface area contributed by atoms with Gasteiger partial charge in [0.1, 0.15) is 4.83 Å². The topological polar surface area (TPSA) is 78.0 Å². The summed E-state index contributed by atoms with van der Waals surface area (Å²) in [5.74, 6) is 0.248. The lowest BCUT2D eigenvalue weighted by atomic mass is 9.97. The highest BCUT2D eigenvalue weighted by molar-refractivity contribution is 7.99. The first kappa shape index (κ1) is 17.5. The first-order valence-corrected chi connectivity index (χ1v) is 10.2. The number of fused-ring (bicyclic) bond motifs is 3. The summed E-state index contributed by atoms with van der Waals surface area (Å²) in [7, 11) is 0. The van der Waals surface area contributed by atoms with E-state index in [2.05, 4.69) is 13.8 Å². The predicted octanol–water partition coefficient (Wildman–Crippen LogP) is 2.96. The molecule has 7 heteroatoms. The largest absolute Gasteiger partial charge is 0.369 e. The maximum absolute atomic E-state index is 13.1. The number of hydrogen-bond acceptors (Lipinski definition) is 5. The quantitative estimate of drug-likeness (QED) is 0.630. The third-order valence-corrected chi connectivity index (χ3v) is 6.50. The molecule has 0 bridgehead atoms. The molecule has 0 aliphatic heterocycles. The SMILES string of the molecule is CC(C)CCn1c(SCC(N)=O)nc2sc3c(c2c1=O)CCCC3. The molecule has 2 N–H and O–H groups in total. The van der Waals surface area contributed by atoms with E-state index in [0.29, 0.717) is 17.6 Å². The number of primary amides is 1. The van der Waals surface area contributed by atoms with Crippen LogP contribution in [0.5, 0.6) is 0 Å². The van der Waals surface area contributed by atoms with Crippen LogP contribution < -0.4 is 11.3 Å². The van der Waals surface area contributed by atoms with Gasteiger partial charge in [0.25, 0.3) is 5.56 Å². The van der Waals surface area contributed by atoms with Crippen molar-refractivity contribution in [3.8, 4) is 0 Å². The Hall–Kier alpha value is -1.34. The number of carbonyl (C=O) groups excluding carboxylic acids is 1. The highest BCUT2D eigenvalue weighted by Gasteiger charge is 2.22. The van der Waals surface area contributed by atoms with Crippen LogP contribution in [0.15, 0.2) is 9.95 Å². The van der Waals surface area contributed by atoms with Gasteiger partial charge in [0.05, 0.1) is 11.1 Å². The Balaban J connectivity index is 2.11. The average Bonchev–Trinajstić information content (AvgIpc) is 2.90. The molecule has 0 saturated heterocycles. The van der Waals surface area contributed by atoms with Crippen LogP contribution in [0.4, 0.5) is 0 Å². The maximum atomic E-state index is 13.1. The van der Waals surface area contributed by atoms with Crippen LogP contribution in [0.2, 0.25) is 0 Å². The highest BCUT2D eigenvalue weighted by atomic mass is 32.2. The van der Waals surface area contributed by atoms with Crippen LogP contribution >= 0.6 is 23.1 Å². The van der Waals surface area contributed by atoms with Crippen LogP contribution in [-0.2, 0) is 24.2 Å². The van der Waals surface area contributed by atoms with E-state index in [-0.39, 0.29) is 11.3 Å². The Labute approximate surface area is 149 Å². The lowest BCUT2D eigenvalue weighted by Gasteiger charge is -2.14. The van der Waals surface area contributed by atoms with Gasteiger partial charge in [-0.15, -0.1) is 11.3 Å². The molecular weight excluding hydrogens is 342 g/mol. The molecule has 2 aromatic heterocycles. The lowest BCUT2D eigenvalue weighted by Crippen LogP contribution is -2.25. The molecular formula is C17H23N3O2S2. The first-order chi connectivity index (χ1) is 11.5. The number of amides is 1. The summed E-state index contributed by atoms with van der Waals surface area (Å²) in [6.07, 6.45) is 5.26. The van der Waals surface area contributed by atoms with Crippen molar-refractivity contribution < 1.29 is 4.79 Å². The van der Waals surface area contributed by atoms with Gasteiger partial charge in [0, 0.05) is 11.4 Å². The van der Waals surface area contributed by atoms with E-state index in [1.807, 2.05) is 0 Å². The fourth-order valence-electron chi connectivity index (χ4n) is 3.05. The fraction of sp³-hybridized carbons (Fsp3) is 0.588. The summed E-state index contributed by atoms with van der Waals surface area (Å²) in [4.78, 5) is 31.1. The normalized spacial score (nSPS) is 14.3. The Morgan fingerprint density at radius 3 is 2.83 bits per heavy atom. The van der Waals surface area contributed by atoms with Crippen LogP contribution in [0.1, 0.15) is 43.6 Å². The molecule has 1 amide bonds. The van der Waals surface area contributed by atoms with Crippen molar-refractivity contribution in [1.29, 1.82) is 0 Å². The number of carbonyl (C=O) groups is 1. The molecule has 0 atom stereocenters. The van der Waals surface area contributed by atoms with Crippen LogP contribution in [0.3, 0.4) is 0 Å². The molecule has 2 aromatic rings. The second kappa shape index (κ2) is 7.27. The van der Waals surface area contributed by atoms with Crippen molar-refractivity contribution in [3.05, 3.63) is 20.8 Å². The minimum absolute atomic E-state index is 0.0482. The minimum Gasteiger partial charge on any atom is -0.369 e.